The number of pyridine rings is 1. The molecule has 0 saturated carbocycles. The molecule has 0 saturated heterocycles. The first kappa shape index (κ1) is 24.3. The van der Waals surface area contributed by atoms with Gasteiger partial charge in [0, 0.05) is 49.9 Å². The monoisotopic (exact) mass is 575 g/mol. The van der Waals surface area contributed by atoms with Crippen molar-refractivity contribution >= 4 is 65.7 Å². The highest BCUT2D eigenvalue weighted by Crippen LogP contribution is 2.38. The maximum absolute atomic E-state index is 6.35. The Morgan fingerprint density at radius 3 is 1.73 bits per heavy atom. The molecule has 10 aromatic rings. The summed E-state index contributed by atoms with van der Waals surface area (Å²) < 4.78 is 11.0. The summed E-state index contributed by atoms with van der Waals surface area (Å²) in [5.74, 6) is 0. The average molecular weight is 576 g/mol. The summed E-state index contributed by atoms with van der Waals surface area (Å²) in [6.45, 7) is 0. The van der Waals surface area contributed by atoms with Gasteiger partial charge in [-0.05, 0) is 83.9 Å². The fraction of sp³-hybridized carbons (Fsp3) is 0. The molecular weight excluding hydrogens is 550 g/mol. The van der Waals surface area contributed by atoms with Crippen LogP contribution >= 0.6 is 0 Å². The number of nitrogens with zero attached hydrogens (tertiary/aromatic N) is 3. The zero-order valence-corrected chi connectivity index (χ0v) is 24.2. The minimum absolute atomic E-state index is 0.885. The van der Waals surface area contributed by atoms with Crippen molar-refractivity contribution < 1.29 is 4.42 Å². The first-order valence-corrected chi connectivity index (χ1v) is 15.2. The van der Waals surface area contributed by atoms with Gasteiger partial charge in [-0.25, -0.2) is 4.98 Å². The summed E-state index contributed by atoms with van der Waals surface area (Å²) in [6.07, 6.45) is 1.87. The maximum atomic E-state index is 6.35. The Balaban J connectivity index is 1.15. The lowest BCUT2D eigenvalue weighted by atomic mass is 10.0. The molecule has 0 aliphatic rings. The summed E-state index contributed by atoms with van der Waals surface area (Å²) in [5.41, 5.74) is 10.8. The molecule has 0 aliphatic heterocycles. The SMILES string of the molecule is c1cc(-c2ccc3oc4ccc(-n5c6ccccc6c6ccccc65)cc4c3c2)cc(-n2c3ccccc3c3cccnc32)c1. The normalized spacial score (nSPS) is 12.0. The molecule has 4 heteroatoms. The molecular formula is C41H25N3O. The van der Waals surface area contributed by atoms with Crippen molar-refractivity contribution in [1.82, 2.24) is 14.1 Å². The zero-order chi connectivity index (χ0) is 29.5. The van der Waals surface area contributed by atoms with Crippen LogP contribution in [0.25, 0.3) is 88.2 Å². The van der Waals surface area contributed by atoms with E-state index in [0.29, 0.717) is 0 Å². The van der Waals surface area contributed by atoms with Gasteiger partial charge in [0.15, 0.2) is 0 Å². The molecule has 4 aromatic heterocycles. The van der Waals surface area contributed by atoms with Crippen LogP contribution in [0.5, 0.6) is 0 Å². The molecule has 0 unspecified atom stereocenters. The summed E-state index contributed by atoms with van der Waals surface area (Å²) in [4.78, 5) is 4.78. The average Bonchev–Trinajstić information content (AvgIpc) is 3.75. The van der Waals surface area contributed by atoms with E-state index in [1.54, 1.807) is 0 Å². The number of rotatable bonds is 3. The van der Waals surface area contributed by atoms with Crippen LogP contribution in [-0.2, 0) is 0 Å². The number of aromatic nitrogens is 3. The minimum Gasteiger partial charge on any atom is -0.456 e. The highest BCUT2D eigenvalue weighted by molar-refractivity contribution is 6.11. The molecule has 0 bridgehead atoms. The second kappa shape index (κ2) is 9.18. The summed E-state index contributed by atoms with van der Waals surface area (Å²) in [5, 5.41) is 7.08. The summed E-state index contributed by atoms with van der Waals surface area (Å²) in [6, 6.07) is 51.7. The number of benzene rings is 6. The number of para-hydroxylation sites is 3. The molecule has 0 fully saturated rings. The summed E-state index contributed by atoms with van der Waals surface area (Å²) in [7, 11) is 0. The Morgan fingerprint density at radius 2 is 0.978 bits per heavy atom. The van der Waals surface area contributed by atoms with Gasteiger partial charge < -0.3 is 8.98 Å². The van der Waals surface area contributed by atoms with E-state index in [-0.39, 0.29) is 0 Å². The largest absolute Gasteiger partial charge is 0.456 e. The number of hydrogen-bond donors (Lipinski definition) is 0. The van der Waals surface area contributed by atoms with E-state index in [1.165, 1.54) is 27.2 Å². The van der Waals surface area contributed by atoms with Crippen LogP contribution in [0.1, 0.15) is 0 Å². The molecule has 210 valence electrons. The van der Waals surface area contributed by atoms with Gasteiger partial charge in [0.1, 0.15) is 16.8 Å². The van der Waals surface area contributed by atoms with Crippen molar-refractivity contribution in [2.75, 3.05) is 0 Å². The molecule has 0 amide bonds. The van der Waals surface area contributed by atoms with Crippen molar-refractivity contribution in [3.8, 4) is 22.5 Å². The van der Waals surface area contributed by atoms with E-state index in [1.807, 2.05) is 12.3 Å². The first-order chi connectivity index (χ1) is 22.3. The van der Waals surface area contributed by atoms with E-state index in [0.717, 1.165) is 61.0 Å². The molecule has 4 nitrogen and oxygen atoms in total. The van der Waals surface area contributed by atoms with Gasteiger partial charge in [0.25, 0.3) is 0 Å². The van der Waals surface area contributed by atoms with E-state index in [9.17, 15) is 0 Å². The predicted molar refractivity (Wildman–Crippen MR) is 186 cm³/mol. The number of hydrogen-bond acceptors (Lipinski definition) is 2. The Labute approximate surface area is 258 Å². The maximum Gasteiger partial charge on any atom is 0.145 e. The molecule has 0 spiro atoms. The van der Waals surface area contributed by atoms with Gasteiger partial charge in [0.2, 0.25) is 0 Å². The lowest BCUT2D eigenvalue weighted by molar-refractivity contribution is 0.669. The molecule has 0 atom stereocenters. The van der Waals surface area contributed by atoms with Crippen molar-refractivity contribution in [1.29, 1.82) is 0 Å². The van der Waals surface area contributed by atoms with E-state index in [2.05, 4.69) is 149 Å². The lowest BCUT2D eigenvalue weighted by Gasteiger charge is -2.10. The standard InChI is InChI=1S/C41H25N3O/c1-4-15-36-30(11-1)31-12-2-5-16-37(31)43(36)29-19-21-40-35(25-29)34-24-27(18-20-39(34)45-40)26-9-7-10-28(23-26)44-38-17-6-3-13-32(38)33-14-8-22-42-41(33)44/h1-25H. The van der Waals surface area contributed by atoms with Crippen LogP contribution in [0.3, 0.4) is 0 Å². The van der Waals surface area contributed by atoms with Crippen molar-refractivity contribution in [2.45, 2.75) is 0 Å². The fourth-order valence-corrected chi connectivity index (χ4v) is 7.17. The van der Waals surface area contributed by atoms with Crippen LogP contribution in [0.2, 0.25) is 0 Å². The Hall–Kier alpha value is -6.13. The van der Waals surface area contributed by atoms with Gasteiger partial charge in [0.05, 0.1) is 16.6 Å². The lowest BCUT2D eigenvalue weighted by Crippen LogP contribution is -1.95. The highest BCUT2D eigenvalue weighted by atomic mass is 16.3. The third kappa shape index (κ3) is 3.51. The van der Waals surface area contributed by atoms with Gasteiger partial charge in [-0.2, -0.15) is 0 Å². The third-order valence-electron chi connectivity index (χ3n) is 9.16. The Kier molecular flexibility index (Phi) is 4.96. The Morgan fingerprint density at radius 1 is 0.400 bits per heavy atom. The van der Waals surface area contributed by atoms with E-state index in [4.69, 9.17) is 9.40 Å². The van der Waals surface area contributed by atoms with Crippen LogP contribution in [0, 0.1) is 0 Å². The second-order valence-electron chi connectivity index (χ2n) is 11.6. The van der Waals surface area contributed by atoms with E-state index < -0.39 is 0 Å². The Bertz CT molecular complexity index is 2670. The minimum atomic E-state index is 0.885. The molecule has 4 heterocycles. The highest BCUT2D eigenvalue weighted by Gasteiger charge is 2.16. The van der Waals surface area contributed by atoms with Crippen molar-refractivity contribution in [3.63, 3.8) is 0 Å². The zero-order valence-electron chi connectivity index (χ0n) is 24.2. The van der Waals surface area contributed by atoms with Crippen molar-refractivity contribution in [3.05, 3.63) is 152 Å². The first-order valence-electron chi connectivity index (χ1n) is 15.2. The molecule has 6 aromatic carbocycles. The van der Waals surface area contributed by atoms with E-state index >= 15 is 0 Å². The number of furan rings is 1. The fourth-order valence-electron chi connectivity index (χ4n) is 7.17. The van der Waals surface area contributed by atoms with Gasteiger partial charge in [-0.15, -0.1) is 0 Å². The van der Waals surface area contributed by atoms with Gasteiger partial charge in [-0.3, -0.25) is 4.57 Å². The number of fused-ring (bicyclic) bond motifs is 9. The van der Waals surface area contributed by atoms with Gasteiger partial charge in [-0.1, -0.05) is 72.8 Å². The quantitative estimate of drug-likeness (QED) is 0.210. The van der Waals surface area contributed by atoms with Crippen LogP contribution in [-0.4, -0.2) is 14.1 Å². The second-order valence-corrected chi connectivity index (χ2v) is 11.6. The molecule has 45 heavy (non-hydrogen) atoms. The molecule has 10 rings (SSSR count). The summed E-state index contributed by atoms with van der Waals surface area (Å²) >= 11 is 0. The smallest absolute Gasteiger partial charge is 0.145 e. The van der Waals surface area contributed by atoms with Crippen LogP contribution in [0.15, 0.2) is 156 Å². The molecule has 0 aliphatic carbocycles. The van der Waals surface area contributed by atoms with Gasteiger partial charge >= 0.3 is 0 Å². The molecule has 0 N–H and O–H groups in total. The topological polar surface area (TPSA) is 35.9 Å². The predicted octanol–water partition coefficient (Wildman–Crippen LogP) is 10.8. The van der Waals surface area contributed by atoms with Crippen molar-refractivity contribution in [2.24, 2.45) is 0 Å². The molecule has 0 radical (unpaired) electrons. The third-order valence-corrected chi connectivity index (χ3v) is 9.16. The van der Waals surface area contributed by atoms with Crippen LogP contribution in [0.4, 0.5) is 0 Å². The van der Waals surface area contributed by atoms with Crippen LogP contribution < -0.4 is 0 Å².